The molecule has 3 aromatic rings. The van der Waals surface area contributed by atoms with E-state index in [9.17, 15) is 50.4 Å². The van der Waals surface area contributed by atoms with Gasteiger partial charge in [-0.05, 0) is 121 Å². The van der Waals surface area contributed by atoms with E-state index in [2.05, 4.69) is 54.5 Å². The second-order valence-corrected chi connectivity index (χ2v) is 19.8. The van der Waals surface area contributed by atoms with E-state index in [0.29, 0.717) is 24.7 Å². The fourth-order valence-corrected chi connectivity index (χ4v) is 12.9. The summed E-state index contributed by atoms with van der Waals surface area (Å²) < 4.78 is 5.35. The van der Waals surface area contributed by atoms with Crippen LogP contribution in [0.15, 0.2) is 51.2 Å². The van der Waals surface area contributed by atoms with Gasteiger partial charge in [0.1, 0.15) is 27.9 Å². The normalized spacial score (nSPS) is 36.7. The van der Waals surface area contributed by atoms with Crippen molar-refractivity contribution in [3.63, 3.8) is 0 Å². The van der Waals surface area contributed by atoms with Crippen molar-refractivity contribution < 1.29 is 50.1 Å². The van der Waals surface area contributed by atoms with Crippen LogP contribution < -0.4 is 5.43 Å². The third-order valence-corrected chi connectivity index (χ3v) is 16.2. The van der Waals surface area contributed by atoms with Gasteiger partial charge in [-0.1, -0.05) is 60.1 Å². The van der Waals surface area contributed by atoms with Gasteiger partial charge in [-0.2, -0.15) is 0 Å². The maximum atomic E-state index is 12.8. The number of hydrogen-bond acceptors (Lipinski definition) is 10. The molecule has 5 aliphatic rings. The van der Waals surface area contributed by atoms with Crippen molar-refractivity contribution in [1.82, 2.24) is 0 Å². The number of aliphatic carboxylic acids is 1. The zero-order valence-electron chi connectivity index (χ0n) is 33.5. The number of carboxylic acid groups (broad SMARTS) is 1. The van der Waals surface area contributed by atoms with Crippen LogP contribution in [0.4, 0.5) is 0 Å². The number of aliphatic hydroxyl groups excluding tert-OH is 2. The van der Waals surface area contributed by atoms with Crippen molar-refractivity contribution in [3.05, 3.63) is 52.2 Å². The molecule has 5 aliphatic carbocycles. The number of rotatable bonds is 2. The van der Waals surface area contributed by atoms with Gasteiger partial charge < -0.3 is 45.3 Å². The number of carbonyl (C=O) groups is 1. The molecule has 11 heteroatoms. The average Bonchev–Trinajstić information content (AvgIpc) is 3.09. The summed E-state index contributed by atoms with van der Waals surface area (Å²) in [5, 5.41) is 80.7. The molecule has 4 fully saturated rings. The van der Waals surface area contributed by atoms with Gasteiger partial charge in [0, 0.05) is 17.7 Å². The highest BCUT2D eigenvalue weighted by molar-refractivity contribution is 5.88. The van der Waals surface area contributed by atoms with E-state index >= 15 is 0 Å². The molecule has 1 heterocycles. The molecule has 8 N–H and O–H groups in total. The van der Waals surface area contributed by atoms with Crippen LogP contribution in [0.25, 0.3) is 22.3 Å². The summed E-state index contributed by atoms with van der Waals surface area (Å²) in [4.78, 5) is 24.9. The first-order valence-electron chi connectivity index (χ1n) is 20.0. The number of phenolic OH excluding ortho intramolecular Hbond substituents is 4. The smallest absolute Gasteiger partial charge is 0.312 e. The molecule has 0 saturated heterocycles. The van der Waals surface area contributed by atoms with Gasteiger partial charge in [0.15, 0.2) is 17.3 Å². The quantitative estimate of drug-likeness (QED) is 0.0919. The van der Waals surface area contributed by atoms with E-state index in [1.165, 1.54) is 11.6 Å². The lowest BCUT2D eigenvalue weighted by molar-refractivity contribution is -0.218. The minimum absolute atomic E-state index is 0.0218. The molecule has 11 nitrogen and oxygen atoms in total. The minimum atomic E-state index is -1.04. The van der Waals surface area contributed by atoms with E-state index in [1.54, 1.807) is 0 Å². The molecule has 9 atom stereocenters. The number of carboxylic acids is 1. The first kappa shape index (κ1) is 40.0. The lowest BCUT2D eigenvalue weighted by Gasteiger charge is -2.71. The van der Waals surface area contributed by atoms with Crippen LogP contribution in [0.1, 0.15) is 106 Å². The Morgan fingerprint density at radius 3 is 2.12 bits per heavy atom. The van der Waals surface area contributed by atoms with E-state index in [4.69, 9.17) is 4.42 Å². The van der Waals surface area contributed by atoms with E-state index < -0.39 is 40.2 Å². The first-order valence-corrected chi connectivity index (χ1v) is 20.0. The molecule has 0 aliphatic heterocycles. The Hall–Kier alpha value is -4.22. The molecule has 1 aromatic heterocycles. The van der Waals surface area contributed by atoms with Gasteiger partial charge in [0.25, 0.3) is 0 Å². The molecule has 8 rings (SSSR count). The Morgan fingerprint density at radius 2 is 1.46 bits per heavy atom. The number of fused-ring (bicyclic) bond motifs is 8. The molecule has 0 bridgehead atoms. The van der Waals surface area contributed by atoms with Crippen molar-refractivity contribution >= 4 is 16.9 Å². The molecule has 0 spiro atoms. The molecular formula is C45H58O11. The van der Waals surface area contributed by atoms with Gasteiger partial charge in [0.2, 0.25) is 11.2 Å². The maximum absolute atomic E-state index is 12.8. The van der Waals surface area contributed by atoms with Crippen LogP contribution >= 0.6 is 0 Å². The number of allylic oxidation sites excluding steroid dienone is 2. The summed E-state index contributed by atoms with van der Waals surface area (Å²) in [7, 11) is 0. The Kier molecular flexibility index (Phi) is 9.21. The molecule has 0 radical (unpaired) electrons. The zero-order valence-corrected chi connectivity index (χ0v) is 33.5. The third kappa shape index (κ3) is 5.57. The molecule has 304 valence electrons. The molecule has 2 aromatic carbocycles. The number of benzene rings is 2. The summed E-state index contributed by atoms with van der Waals surface area (Å²) >= 11 is 0. The van der Waals surface area contributed by atoms with Crippen molar-refractivity contribution in [2.24, 2.45) is 50.2 Å². The minimum Gasteiger partial charge on any atom is -0.508 e. The van der Waals surface area contributed by atoms with Crippen LogP contribution in [-0.2, 0) is 4.79 Å². The Balaban J connectivity index is 0.000000189. The largest absolute Gasteiger partial charge is 0.508 e. The number of phenols is 4. The first-order chi connectivity index (χ1) is 25.9. The third-order valence-electron chi connectivity index (χ3n) is 16.2. The highest BCUT2D eigenvalue weighted by Gasteiger charge is 2.71. The van der Waals surface area contributed by atoms with Crippen LogP contribution in [-0.4, -0.2) is 59.0 Å². The van der Waals surface area contributed by atoms with Crippen LogP contribution in [0.2, 0.25) is 0 Å². The van der Waals surface area contributed by atoms with Gasteiger partial charge in [-0.3, -0.25) is 9.59 Å². The fraction of sp³-hybridized carbons (Fsp3) is 0.600. The predicted molar refractivity (Wildman–Crippen MR) is 210 cm³/mol. The van der Waals surface area contributed by atoms with Crippen molar-refractivity contribution in [3.8, 4) is 40.1 Å². The summed E-state index contributed by atoms with van der Waals surface area (Å²) in [6, 6.07) is 5.64. The SMILES string of the molecule is CC1(C)CCC2(C(=O)O)C(O)CC3(C)C(=CCC4C5(C)CCC(O)C(C)(C)C5CCC43C)C2C1.O=c1c(O)c(-c2ccc(O)c(O)c2)oc2cc(O)cc(O)c12. The van der Waals surface area contributed by atoms with Crippen LogP contribution in [0.5, 0.6) is 28.7 Å². The number of hydrogen-bond donors (Lipinski definition) is 8. The number of aromatic hydroxyl groups is 5. The number of aliphatic hydroxyl groups is 2. The zero-order chi connectivity index (χ0) is 41.1. The summed E-state index contributed by atoms with van der Waals surface area (Å²) in [5.74, 6) is -2.63. The van der Waals surface area contributed by atoms with Crippen LogP contribution in [0.3, 0.4) is 0 Å². The van der Waals surface area contributed by atoms with Crippen molar-refractivity contribution in [1.29, 1.82) is 0 Å². The van der Waals surface area contributed by atoms with Gasteiger partial charge in [-0.15, -0.1) is 0 Å². The lowest BCUT2D eigenvalue weighted by atomic mass is 9.33. The van der Waals surface area contributed by atoms with Crippen LogP contribution in [0, 0.1) is 50.2 Å². The Labute approximate surface area is 327 Å². The topological polar surface area (TPSA) is 209 Å². The summed E-state index contributed by atoms with van der Waals surface area (Å²) in [6.07, 6.45) is 9.35. The van der Waals surface area contributed by atoms with Crippen molar-refractivity contribution in [2.45, 2.75) is 118 Å². The summed E-state index contributed by atoms with van der Waals surface area (Å²) in [6.45, 7) is 16.4. The van der Waals surface area contributed by atoms with E-state index in [-0.39, 0.29) is 72.9 Å². The van der Waals surface area contributed by atoms with E-state index in [0.717, 1.165) is 69.2 Å². The summed E-state index contributed by atoms with van der Waals surface area (Å²) in [5.41, 5.74) is -0.595. The molecule has 56 heavy (non-hydrogen) atoms. The highest BCUT2D eigenvalue weighted by Crippen LogP contribution is 2.75. The maximum Gasteiger partial charge on any atom is 0.312 e. The van der Waals surface area contributed by atoms with Gasteiger partial charge >= 0.3 is 5.97 Å². The Bertz CT molecular complexity index is 2180. The molecule has 0 amide bonds. The monoisotopic (exact) mass is 774 g/mol. The second-order valence-electron chi connectivity index (χ2n) is 19.8. The van der Waals surface area contributed by atoms with Gasteiger partial charge in [-0.25, -0.2) is 0 Å². The molecule has 4 saturated carbocycles. The second kappa shape index (κ2) is 12.9. The van der Waals surface area contributed by atoms with Gasteiger partial charge in [0.05, 0.1) is 12.2 Å². The van der Waals surface area contributed by atoms with E-state index in [1.807, 2.05) is 0 Å². The Morgan fingerprint density at radius 1 is 0.768 bits per heavy atom. The lowest BCUT2D eigenvalue weighted by Crippen LogP contribution is -2.67. The molecular weight excluding hydrogens is 716 g/mol. The predicted octanol–water partition coefficient (Wildman–Crippen LogP) is 8.19. The molecule has 9 unspecified atom stereocenters. The standard InChI is InChI=1S/C30H48O4.C15H10O7/c1-25(2)14-15-30(24(33)34)19(16-25)18-8-9-21-27(5)12-11-22(31)26(3,4)20(27)10-13-28(21,6)29(18,7)17-23(30)32;16-7-4-10(19)12-11(5-7)22-15(14(21)13(12)20)6-1-2-8(17)9(18)3-6/h8,19-23,31-32H,9-17H2,1-7H3,(H,33,34);1-5,16-19,21H. The fourth-order valence-electron chi connectivity index (χ4n) is 12.9. The highest BCUT2D eigenvalue weighted by atomic mass is 16.4. The van der Waals surface area contributed by atoms with Crippen molar-refractivity contribution in [2.75, 3.05) is 0 Å². The average molecular weight is 775 g/mol.